The number of amidine groups is 2. The summed E-state index contributed by atoms with van der Waals surface area (Å²) in [6.07, 6.45) is 0. The van der Waals surface area contributed by atoms with Crippen molar-refractivity contribution < 1.29 is 4.58 Å². The van der Waals surface area contributed by atoms with Gasteiger partial charge in [-0.1, -0.05) is 14.9 Å². The lowest BCUT2D eigenvalue weighted by Gasteiger charge is -2.23. The van der Waals surface area contributed by atoms with E-state index in [4.69, 9.17) is 0 Å². The van der Waals surface area contributed by atoms with Gasteiger partial charge in [0, 0.05) is 17.8 Å². The summed E-state index contributed by atoms with van der Waals surface area (Å²) in [5.41, 5.74) is 24.0. The van der Waals surface area contributed by atoms with Gasteiger partial charge >= 0.3 is 0 Å². The summed E-state index contributed by atoms with van der Waals surface area (Å²) in [4.78, 5) is 17.8. The summed E-state index contributed by atoms with van der Waals surface area (Å²) in [6.45, 7) is 47.7. The third-order valence-electron chi connectivity index (χ3n) is 15.2. The molecule has 0 amide bonds. The van der Waals surface area contributed by atoms with Gasteiger partial charge in [-0.15, -0.1) is 9.98 Å². The van der Waals surface area contributed by atoms with Gasteiger partial charge in [-0.05, 0) is 256 Å². The van der Waals surface area contributed by atoms with Crippen molar-refractivity contribution in [3.05, 3.63) is 100 Å². The maximum atomic E-state index is 4.62. The lowest BCUT2D eigenvalue weighted by Crippen LogP contribution is -2.16. The van der Waals surface area contributed by atoms with Crippen molar-refractivity contribution in [2.45, 2.75) is 126 Å². The first-order valence-corrected chi connectivity index (χ1v) is 21.1. The van der Waals surface area contributed by atoms with E-state index in [0.717, 1.165) is 34.1 Å². The second kappa shape index (κ2) is 16.2. The fourth-order valence-electron chi connectivity index (χ4n) is 11.7. The molecule has 324 valence electrons. The highest BCUT2D eigenvalue weighted by atomic mass is 15.1. The predicted molar refractivity (Wildman–Crippen MR) is 279 cm³/mol. The maximum Gasteiger partial charge on any atom is 0.270 e. The van der Waals surface area contributed by atoms with Crippen molar-refractivity contribution in [3.63, 3.8) is 0 Å². The molecule has 62 heavy (non-hydrogen) atoms. The van der Waals surface area contributed by atoms with E-state index in [0.29, 0.717) is 0 Å². The summed E-state index contributed by atoms with van der Waals surface area (Å²) < 4.78 is 4.09. The number of hydrogen-bond donors (Lipinski definition) is 0. The van der Waals surface area contributed by atoms with Gasteiger partial charge in [0.05, 0.1) is 31.9 Å². The molecule has 0 bridgehead atoms. The third kappa shape index (κ3) is 5.84. The minimum Gasteiger partial charge on any atom is -0.313 e. The number of aromatic nitrogens is 1. The van der Waals surface area contributed by atoms with E-state index in [-0.39, 0.29) is 14.9 Å². The number of benzene rings is 6. The summed E-state index contributed by atoms with van der Waals surface area (Å²) in [7, 11) is 5.89. The van der Waals surface area contributed by atoms with Gasteiger partial charge in [-0.2, -0.15) is 0 Å². The van der Waals surface area contributed by atoms with E-state index in [1.54, 1.807) is 0 Å². The minimum atomic E-state index is 0. The lowest BCUT2D eigenvalue weighted by molar-refractivity contribution is -0.367. The molecular formula is C56H71N6+. The maximum absolute atomic E-state index is 4.62. The second-order valence-corrected chi connectivity index (χ2v) is 17.6. The zero-order valence-corrected chi connectivity index (χ0v) is 39.8. The van der Waals surface area contributed by atoms with Crippen LogP contribution in [-0.2, 0) is 7.05 Å². The van der Waals surface area contributed by atoms with E-state index < -0.39 is 0 Å². The molecule has 0 N–H and O–H groups in total. The van der Waals surface area contributed by atoms with Gasteiger partial charge in [0.15, 0.2) is 0 Å². The first-order valence-electron chi connectivity index (χ1n) is 21.1. The Morgan fingerprint density at radius 2 is 0.613 bits per heavy atom. The largest absolute Gasteiger partial charge is 0.313 e. The third-order valence-corrected chi connectivity index (χ3v) is 15.2. The van der Waals surface area contributed by atoms with Crippen LogP contribution in [0.1, 0.15) is 115 Å². The molecule has 2 heterocycles. The zero-order valence-electron chi connectivity index (χ0n) is 39.8. The second-order valence-electron chi connectivity index (χ2n) is 17.6. The molecule has 1 aliphatic heterocycles. The standard InChI is InChI=1S/C27H32N3.C27H31N3.2CH4/c2*1-12-13(2)15(4)21-17(6)23-19(8)25-24(26(28-9)30(11)27(25)29-10)18(7)22(23)16(5)20(21)14(12)3;;/h9H2,1-8,10-11H3;9-10H2,1-8,11H3;2*1H4/q+1;;;. The molecule has 0 fully saturated rings. The van der Waals surface area contributed by atoms with Crippen molar-refractivity contribution >= 4 is 97.3 Å². The van der Waals surface area contributed by atoms with E-state index >= 15 is 0 Å². The van der Waals surface area contributed by atoms with Gasteiger partial charge in [0.2, 0.25) is 0 Å². The number of aliphatic imine (C=N–C) groups is 4. The number of fused-ring (bicyclic) bond motifs is 6. The van der Waals surface area contributed by atoms with Crippen LogP contribution in [0.15, 0.2) is 20.0 Å². The first kappa shape index (κ1) is 47.3. The van der Waals surface area contributed by atoms with Crippen LogP contribution in [0.25, 0.3) is 53.9 Å². The van der Waals surface area contributed by atoms with E-state index in [1.807, 2.05) is 25.7 Å². The van der Waals surface area contributed by atoms with E-state index in [1.165, 1.54) is 143 Å². The van der Waals surface area contributed by atoms with Crippen LogP contribution in [0.3, 0.4) is 0 Å². The molecule has 6 heteroatoms. The average Bonchev–Trinajstić information content (AvgIpc) is 3.69. The van der Waals surface area contributed by atoms with Gasteiger partial charge in [0.1, 0.15) is 11.6 Å². The number of nitrogens with zero attached hydrogens (tertiary/aromatic N) is 6. The molecular weight excluding hydrogens is 757 g/mol. The minimum absolute atomic E-state index is 0. The van der Waals surface area contributed by atoms with Crippen LogP contribution < -0.4 is 0 Å². The van der Waals surface area contributed by atoms with Gasteiger partial charge < -0.3 is 4.57 Å². The molecule has 0 saturated carbocycles. The molecule has 0 saturated heterocycles. The van der Waals surface area contributed by atoms with Crippen LogP contribution in [0.5, 0.6) is 0 Å². The van der Waals surface area contributed by atoms with Gasteiger partial charge in [-0.3, -0.25) is 0 Å². The van der Waals surface area contributed by atoms with Crippen molar-refractivity contribution in [1.29, 1.82) is 0 Å². The summed E-state index contributed by atoms with van der Waals surface area (Å²) in [5.74, 6) is 3.60. The monoisotopic (exact) mass is 828 g/mol. The highest BCUT2D eigenvalue weighted by Crippen LogP contribution is 2.49. The Morgan fingerprint density at radius 1 is 0.355 bits per heavy atom. The SMILES string of the molecule is C.C.C=NC1=[N+](C)C(=NC)c2c1c(C)c1c(C)c3c(C)c(C)c(C)c(C)c3c(C)c1c2C.C=Nc1c2c(C)c3c(C)c4c(C)c(C)c(C)c(C)c4c(C)c3c(C)c2c(N=C)n1C. The Bertz CT molecular complexity index is 3160. The number of aryl methyl sites for hydroxylation is 12. The summed E-state index contributed by atoms with van der Waals surface area (Å²) in [6, 6.07) is 0. The molecule has 0 radical (unpaired) electrons. The Hall–Kier alpha value is -5.75. The zero-order chi connectivity index (χ0) is 44.5. The molecule has 7 aromatic rings. The van der Waals surface area contributed by atoms with Crippen molar-refractivity contribution in [3.8, 4) is 0 Å². The van der Waals surface area contributed by atoms with Crippen LogP contribution in [0.4, 0.5) is 11.6 Å². The number of rotatable bonds is 2. The molecule has 0 aliphatic carbocycles. The van der Waals surface area contributed by atoms with Crippen molar-refractivity contribution in [2.24, 2.45) is 27.0 Å². The van der Waals surface area contributed by atoms with Crippen LogP contribution >= 0.6 is 0 Å². The molecule has 0 atom stereocenters. The first-order chi connectivity index (χ1) is 28.2. The Kier molecular flexibility index (Phi) is 12.3. The van der Waals surface area contributed by atoms with Crippen LogP contribution in [0, 0.1) is 111 Å². The Labute approximate surface area is 372 Å². The highest BCUT2D eigenvalue weighted by molar-refractivity contribution is 6.23. The van der Waals surface area contributed by atoms with Crippen molar-refractivity contribution in [2.75, 3.05) is 14.1 Å². The molecule has 0 spiro atoms. The fourth-order valence-corrected chi connectivity index (χ4v) is 11.7. The Morgan fingerprint density at radius 3 is 0.887 bits per heavy atom. The molecule has 6 nitrogen and oxygen atoms in total. The molecule has 6 aromatic carbocycles. The molecule has 1 aliphatic rings. The topological polar surface area (TPSA) is 57.4 Å². The molecule has 1 aromatic heterocycles. The van der Waals surface area contributed by atoms with Crippen molar-refractivity contribution in [1.82, 2.24) is 4.57 Å². The average molecular weight is 828 g/mol. The van der Waals surface area contributed by atoms with E-state index in [9.17, 15) is 0 Å². The summed E-state index contributed by atoms with van der Waals surface area (Å²) in [5, 5.41) is 13.3. The quantitative estimate of drug-likeness (QED) is 0.0947. The highest BCUT2D eigenvalue weighted by Gasteiger charge is 2.36. The lowest BCUT2D eigenvalue weighted by atomic mass is 9.80. The molecule has 8 rings (SSSR count). The van der Waals surface area contributed by atoms with E-state index in [2.05, 4.69) is 155 Å². The van der Waals surface area contributed by atoms with Crippen LogP contribution in [-0.4, -0.2) is 55.1 Å². The Balaban J connectivity index is 0.000000227. The summed E-state index contributed by atoms with van der Waals surface area (Å²) >= 11 is 0. The number of hydrogen-bond acceptors (Lipinski definition) is 4. The van der Waals surface area contributed by atoms with Crippen LogP contribution in [0.2, 0.25) is 0 Å². The molecule has 0 unspecified atom stereocenters. The predicted octanol–water partition coefficient (Wildman–Crippen LogP) is 14.8. The van der Waals surface area contributed by atoms with Gasteiger partial charge in [0.25, 0.3) is 11.7 Å². The van der Waals surface area contributed by atoms with Gasteiger partial charge in [-0.25, -0.2) is 14.6 Å². The smallest absolute Gasteiger partial charge is 0.270 e. The normalized spacial score (nSPS) is 13.0. The fraction of sp³-hybridized carbons (Fsp3) is 0.375.